The Kier molecular flexibility index (Phi) is 3.85. The molecule has 0 spiro atoms. The summed E-state index contributed by atoms with van der Waals surface area (Å²) in [4.78, 5) is 24.3. The summed E-state index contributed by atoms with van der Waals surface area (Å²) in [6, 6.07) is 2.04. The predicted octanol–water partition coefficient (Wildman–Crippen LogP) is 0.543. The number of thiophene rings is 1. The molecule has 0 atom stereocenters. The van der Waals surface area contributed by atoms with E-state index in [1.807, 2.05) is 18.4 Å². The van der Waals surface area contributed by atoms with Crippen molar-refractivity contribution in [1.82, 2.24) is 4.90 Å². The molecule has 0 bridgehead atoms. The van der Waals surface area contributed by atoms with Gasteiger partial charge in [0.1, 0.15) is 0 Å². The largest absolute Gasteiger partial charge is 0.361 e. The third-order valence-electron chi connectivity index (χ3n) is 2.20. The van der Waals surface area contributed by atoms with Crippen molar-refractivity contribution < 1.29 is 9.59 Å². The molecule has 2 N–H and O–H groups in total. The molecule has 4 nitrogen and oxygen atoms in total. The number of rotatable bonds is 3. The smallest absolute Gasteiger partial charge is 0.311 e. The fourth-order valence-electron chi connectivity index (χ4n) is 1.22. The molecule has 15 heavy (non-hydrogen) atoms. The van der Waals surface area contributed by atoms with E-state index in [-0.39, 0.29) is 0 Å². The third-order valence-corrected chi connectivity index (χ3v) is 3.28. The SMILES string of the molecule is Cc1ccsc1CCN(C)C(=O)C(N)=O. The van der Waals surface area contributed by atoms with Gasteiger partial charge in [0, 0.05) is 18.5 Å². The zero-order valence-corrected chi connectivity index (χ0v) is 9.63. The van der Waals surface area contributed by atoms with Crippen LogP contribution in [0.15, 0.2) is 11.4 Å². The molecule has 0 fully saturated rings. The molecule has 0 aliphatic rings. The van der Waals surface area contributed by atoms with Gasteiger partial charge in [-0.25, -0.2) is 0 Å². The molecule has 0 aromatic carbocycles. The van der Waals surface area contributed by atoms with Gasteiger partial charge in [-0.3, -0.25) is 9.59 Å². The van der Waals surface area contributed by atoms with Crippen molar-refractivity contribution in [1.29, 1.82) is 0 Å². The van der Waals surface area contributed by atoms with E-state index < -0.39 is 11.8 Å². The highest BCUT2D eigenvalue weighted by Gasteiger charge is 2.14. The highest BCUT2D eigenvalue weighted by Crippen LogP contribution is 2.16. The van der Waals surface area contributed by atoms with Crippen LogP contribution >= 0.6 is 11.3 Å². The molecule has 5 heteroatoms. The Bertz CT molecular complexity index is 373. The highest BCUT2D eigenvalue weighted by molar-refractivity contribution is 7.10. The Labute approximate surface area is 92.7 Å². The second-order valence-electron chi connectivity index (χ2n) is 3.37. The van der Waals surface area contributed by atoms with Crippen molar-refractivity contribution in [2.45, 2.75) is 13.3 Å². The number of amides is 2. The second-order valence-corrected chi connectivity index (χ2v) is 4.37. The zero-order valence-electron chi connectivity index (χ0n) is 8.82. The maximum absolute atomic E-state index is 11.1. The molecular weight excluding hydrogens is 212 g/mol. The zero-order chi connectivity index (χ0) is 11.4. The summed E-state index contributed by atoms with van der Waals surface area (Å²) in [6.45, 7) is 2.55. The molecule has 82 valence electrons. The summed E-state index contributed by atoms with van der Waals surface area (Å²) in [7, 11) is 1.58. The number of hydrogen-bond acceptors (Lipinski definition) is 3. The third kappa shape index (κ3) is 3.06. The summed E-state index contributed by atoms with van der Waals surface area (Å²) in [5, 5.41) is 2.01. The first-order valence-corrected chi connectivity index (χ1v) is 5.48. The van der Waals surface area contributed by atoms with Crippen molar-refractivity contribution in [2.75, 3.05) is 13.6 Å². The Hall–Kier alpha value is -1.36. The molecule has 1 aromatic heterocycles. The fourth-order valence-corrected chi connectivity index (χ4v) is 2.12. The Balaban J connectivity index is 2.48. The summed E-state index contributed by atoms with van der Waals surface area (Å²) in [5.74, 6) is -1.54. The van der Waals surface area contributed by atoms with E-state index in [4.69, 9.17) is 5.73 Å². The standard InChI is InChI=1S/C10H14N2O2S/c1-7-4-6-15-8(7)3-5-12(2)10(14)9(11)13/h4,6H,3,5H2,1-2H3,(H2,11,13). The van der Waals surface area contributed by atoms with Crippen LogP contribution in [0.1, 0.15) is 10.4 Å². The topological polar surface area (TPSA) is 63.4 Å². The molecule has 1 aromatic rings. The number of likely N-dealkylation sites (N-methyl/N-ethyl adjacent to an activating group) is 1. The predicted molar refractivity (Wildman–Crippen MR) is 59.6 cm³/mol. The first-order chi connectivity index (χ1) is 7.02. The van der Waals surface area contributed by atoms with Crippen molar-refractivity contribution in [2.24, 2.45) is 5.73 Å². The number of aryl methyl sites for hydroxylation is 1. The molecule has 0 unspecified atom stereocenters. The molecule has 0 aliphatic carbocycles. The molecule has 0 radical (unpaired) electrons. The molecule has 2 amide bonds. The van der Waals surface area contributed by atoms with E-state index in [1.165, 1.54) is 15.3 Å². The van der Waals surface area contributed by atoms with E-state index in [9.17, 15) is 9.59 Å². The molecule has 1 rings (SSSR count). The normalized spacial score (nSPS) is 10.0. The number of carbonyl (C=O) groups excluding carboxylic acids is 2. The van der Waals surface area contributed by atoms with Gasteiger partial charge in [0.15, 0.2) is 0 Å². The van der Waals surface area contributed by atoms with Crippen LogP contribution in [0.5, 0.6) is 0 Å². The maximum atomic E-state index is 11.1. The van der Waals surface area contributed by atoms with Crippen LogP contribution < -0.4 is 5.73 Å². The first kappa shape index (κ1) is 11.7. The minimum Gasteiger partial charge on any atom is -0.361 e. The van der Waals surface area contributed by atoms with Gasteiger partial charge in [-0.2, -0.15) is 0 Å². The van der Waals surface area contributed by atoms with Gasteiger partial charge in [-0.05, 0) is 30.4 Å². The lowest BCUT2D eigenvalue weighted by atomic mass is 10.2. The summed E-state index contributed by atoms with van der Waals surface area (Å²) in [5.41, 5.74) is 6.11. The summed E-state index contributed by atoms with van der Waals surface area (Å²) < 4.78 is 0. The van der Waals surface area contributed by atoms with E-state index in [0.717, 1.165) is 6.42 Å². The molecule has 0 saturated heterocycles. The van der Waals surface area contributed by atoms with Crippen molar-refractivity contribution in [3.8, 4) is 0 Å². The van der Waals surface area contributed by atoms with Gasteiger partial charge >= 0.3 is 11.8 Å². The van der Waals surface area contributed by atoms with Crippen LogP contribution in [0.4, 0.5) is 0 Å². The number of nitrogens with zero attached hydrogens (tertiary/aromatic N) is 1. The quantitative estimate of drug-likeness (QED) is 0.765. The fraction of sp³-hybridized carbons (Fsp3) is 0.400. The van der Waals surface area contributed by atoms with Gasteiger partial charge in [-0.15, -0.1) is 11.3 Å². The average Bonchev–Trinajstić information content (AvgIpc) is 2.59. The minimum absolute atomic E-state index is 0.517. The van der Waals surface area contributed by atoms with Crippen LogP contribution in [0.25, 0.3) is 0 Å². The van der Waals surface area contributed by atoms with Crippen molar-refractivity contribution >= 4 is 23.2 Å². The number of carbonyl (C=O) groups is 2. The van der Waals surface area contributed by atoms with Crippen LogP contribution in [0, 0.1) is 6.92 Å². The first-order valence-electron chi connectivity index (χ1n) is 4.60. The summed E-state index contributed by atoms with van der Waals surface area (Å²) >= 11 is 1.66. The van der Waals surface area contributed by atoms with Gasteiger partial charge in [0.25, 0.3) is 0 Å². The van der Waals surface area contributed by atoms with Gasteiger partial charge in [-0.1, -0.05) is 0 Å². The molecule has 0 saturated carbocycles. The Morgan fingerprint density at radius 2 is 2.20 bits per heavy atom. The Morgan fingerprint density at radius 1 is 1.53 bits per heavy atom. The highest BCUT2D eigenvalue weighted by atomic mass is 32.1. The van der Waals surface area contributed by atoms with Gasteiger partial charge < -0.3 is 10.6 Å². The number of primary amides is 1. The average molecular weight is 226 g/mol. The van der Waals surface area contributed by atoms with Crippen LogP contribution in [-0.2, 0) is 16.0 Å². The number of hydrogen-bond donors (Lipinski definition) is 1. The van der Waals surface area contributed by atoms with E-state index in [1.54, 1.807) is 18.4 Å². The van der Waals surface area contributed by atoms with Crippen LogP contribution in [-0.4, -0.2) is 30.3 Å². The lowest BCUT2D eigenvalue weighted by molar-refractivity contribution is -0.143. The Morgan fingerprint density at radius 3 is 2.67 bits per heavy atom. The lowest BCUT2D eigenvalue weighted by Gasteiger charge is -2.14. The van der Waals surface area contributed by atoms with Crippen molar-refractivity contribution in [3.05, 3.63) is 21.9 Å². The number of nitrogens with two attached hydrogens (primary N) is 1. The van der Waals surface area contributed by atoms with E-state index in [0.29, 0.717) is 6.54 Å². The molecule has 0 aliphatic heterocycles. The lowest BCUT2D eigenvalue weighted by Crippen LogP contribution is -2.38. The second kappa shape index (κ2) is 4.93. The minimum atomic E-state index is -0.902. The van der Waals surface area contributed by atoms with Crippen molar-refractivity contribution in [3.63, 3.8) is 0 Å². The molecule has 1 heterocycles. The van der Waals surface area contributed by atoms with Crippen LogP contribution in [0.2, 0.25) is 0 Å². The molecular formula is C10H14N2O2S. The summed E-state index contributed by atoms with van der Waals surface area (Å²) in [6.07, 6.45) is 0.763. The van der Waals surface area contributed by atoms with E-state index >= 15 is 0 Å². The van der Waals surface area contributed by atoms with Gasteiger partial charge in [0.05, 0.1) is 0 Å². The maximum Gasteiger partial charge on any atom is 0.311 e. The monoisotopic (exact) mass is 226 g/mol. The van der Waals surface area contributed by atoms with Gasteiger partial charge in [0.2, 0.25) is 0 Å². The van der Waals surface area contributed by atoms with Crippen LogP contribution in [0.3, 0.4) is 0 Å². The van der Waals surface area contributed by atoms with E-state index in [2.05, 4.69) is 0 Å².